The maximum absolute atomic E-state index is 13.4. The minimum atomic E-state index is -0.175. The van der Waals surface area contributed by atoms with Crippen LogP contribution in [0.25, 0.3) is 10.2 Å². The summed E-state index contributed by atoms with van der Waals surface area (Å²) in [5.41, 5.74) is 3.27. The quantitative estimate of drug-likeness (QED) is 0.319. The molecule has 4 aromatic rings. The Balaban J connectivity index is 1.29. The van der Waals surface area contributed by atoms with Crippen LogP contribution in [0.5, 0.6) is 0 Å². The molecule has 1 unspecified atom stereocenters. The number of rotatable bonds is 10. The van der Waals surface area contributed by atoms with Crippen molar-refractivity contribution in [3.63, 3.8) is 0 Å². The molecule has 8 nitrogen and oxygen atoms in total. The molecule has 192 valence electrons. The number of nitrogens with one attached hydrogen (secondary N) is 1. The number of aromatic nitrogens is 2. The summed E-state index contributed by atoms with van der Waals surface area (Å²) in [6.07, 6.45) is 4.40. The molecule has 0 radical (unpaired) electrons. The smallest absolute Gasteiger partial charge is 0.323 e. The number of pyridine rings is 1. The molecule has 37 heavy (non-hydrogen) atoms. The molecule has 1 N–H and O–H groups in total. The zero-order valence-electron chi connectivity index (χ0n) is 20.7. The fourth-order valence-corrected chi connectivity index (χ4v) is 5.31. The van der Waals surface area contributed by atoms with Crippen molar-refractivity contribution in [2.75, 3.05) is 51.3 Å². The molecule has 2 aromatic heterocycles. The van der Waals surface area contributed by atoms with Gasteiger partial charge in [-0.15, -0.1) is 0 Å². The molecule has 1 atom stereocenters. The highest BCUT2D eigenvalue weighted by Gasteiger charge is 2.21. The maximum Gasteiger partial charge on any atom is 0.323 e. The van der Waals surface area contributed by atoms with Gasteiger partial charge in [0, 0.05) is 44.5 Å². The van der Waals surface area contributed by atoms with Crippen molar-refractivity contribution in [1.82, 2.24) is 19.9 Å². The number of nitrogens with zero attached hydrogens (tertiary/aromatic N) is 4. The lowest BCUT2D eigenvalue weighted by Gasteiger charge is -2.29. The Hall–Kier alpha value is -3.37. The van der Waals surface area contributed by atoms with E-state index in [9.17, 15) is 4.79 Å². The highest BCUT2D eigenvalue weighted by molar-refractivity contribution is 7.22. The predicted octanol–water partition coefficient (Wildman–Crippen LogP) is 5.01. The average Bonchev–Trinajstić information content (AvgIpc) is 3.36. The van der Waals surface area contributed by atoms with E-state index in [4.69, 9.17) is 9.57 Å². The lowest BCUT2D eigenvalue weighted by Crippen LogP contribution is -2.41. The summed E-state index contributed by atoms with van der Waals surface area (Å²) in [6, 6.07) is 22.2. The van der Waals surface area contributed by atoms with Gasteiger partial charge in [0.2, 0.25) is 0 Å². The van der Waals surface area contributed by atoms with Gasteiger partial charge in [0.15, 0.2) is 5.13 Å². The van der Waals surface area contributed by atoms with Crippen LogP contribution >= 0.6 is 11.3 Å². The molecular formula is C28H31N5O3S. The number of urea groups is 1. The molecular weight excluding hydrogens is 486 g/mol. The number of hydroxylamine groups is 2. The third-order valence-corrected chi connectivity index (χ3v) is 7.35. The third-order valence-electron chi connectivity index (χ3n) is 6.40. The Morgan fingerprint density at radius 3 is 2.51 bits per heavy atom. The van der Waals surface area contributed by atoms with Gasteiger partial charge in [0.25, 0.3) is 0 Å². The molecule has 9 heteroatoms. The number of hydrogen-bond donors (Lipinski definition) is 1. The van der Waals surface area contributed by atoms with E-state index >= 15 is 0 Å². The summed E-state index contributed by atoms with van der Waals surface area (Å²) in [4.78, 5) is 30.0. The first-order chi connectivity index (χ1) is 18.3. The summed E-state index contributed by atoms with van der Waals surface area (Å²) < 4.78 is 6.44. The van der Waals surface area contributed by atoms with Gasteiger partial charge in [-0.1, -0.05) is 53.8 Å². The van der Waals surface area contributed by atoms with E-state index in [1.54, 1.807) is 0 Å². The zero-order valence-corrected chi connectivity index (χ0v) is 21.5. The second kappa shape index (κ2) is 12.7. The van der Waals surface area contributed by atoms with E-state index < -0.39 is 0 Å². The number of amides is 2. The summed E-state index contributed by atoms with van der Waals surface area (Å²) in [5, 5.41) is 5.53. The van der Waals surface area contributed by atoms with Gasteiger partial charge < -0.3 is 9.64 Å². The van der Waals surface area contributed by atoms with E-state index in [1.807, 2.05) is 64.8 Å². The number of morpholine rings is 1. The number of benzene rings is 2. The lowest BCUT2D eigenvalue weighted by molar-refractivity contribution is -0.194. The van der Waals surface area contributed by atoms with Gasteiger partial charge in [-0.25, -0.2) is 9.78 Å². The fourth-order valence-electron chi connectivity index (χ4n) is 4.46. The van der Waals surface area contributed by atoms with Crippen LogP contribution in [0.2, 0.25) is 0 Å². The van der Waals surface area contributed by atoms with E-state index in [0.29, 0.717) is 38.0 Å². The number of carbonyl (C=O) groups is 1. The second-order valence-electron chi connectivity index (χ2n) is 8.81. The Morgan fingerprint density at radius 1 is 1.00 bits per heavy atom. The van der Waals surface area contributed by atoms with Crippen molar-refractivity contribution in [2.24, 2.45) is 0 Å². The normalized spacial score (nSPS) is 14.9. The Morgan fingerprint density at radius 2 is 1.73 bits per heavy atom. The first-order valence-corrected chi connectivity index (χ1v) is 13.4. The summed E-state index contributed by atoms with van der Waals surface area (Å²) in [5.74, 6) is 0.141. The van der Waals surface area contributed by atoms with Crippen LogP contribution in [-0.2, 0) is 9.57 Å². The molecule has 0 saturated carbocycles. The SMILES string of the molecule is O=C(Nc1nc2ccccc2s1)N(CCON1CCOCC1)CCC(c1ccccc1)c1ccncc1. The number of carbonyl (C=O) groups excluding carboxylic acids is 1. The van der Waals surface area contributed by atoms with E-state index in [0.717, 1.165) is 29.7 Å². The zero-order chi connectivity index (χ0) is 25.3. The van der Waals surface area contributed by atoms with Gasteiger partial charge in [0.1, 0.15) is 0 Å². The number of para-hydroxylation sites is 1. The minimum Gasteiger partial charge on any atom is -0.379 e. The van der Waals surface area contributed by atoms with Crippen LogP contribution in [0.4, 0.5) is 9.93 Å². The van der Waals surface area contributed by atoms with Crippen molar-refractivity contribution in [3.05, 3.63) is 90.3 Å². The molecule has 5 rings (SSSR count). The Labute approximate surface area is 220 Å². The van der Waals surface area contributed by atoms with Crippen molar-refractivity contribution in [3.8, 4) is 0 Å². The molecule has 1 fully saturated rings. The molecule has 0 bridgehead atoms. The van der Waals surface area contributed by atoms with Crippen LogP contribution in [0.15, 0.2) is 79.1 Å². The number of ether oxygens (including phenoxy) is 1. The molecule has 0 spiro atoms. The van der Waals surface area contributed by atoms with Gasteiger partial charge in [0.05, 0.1) is 30.0 Å². The standard InChI is InChI=1S/C28H31N5O3S/c34-28(31-27-30-25-8-4-5-9-26(25)37-27)32(16-21-36-33-17-19-35-20-18-33)15-12-24(22-6-2-1-3-7-22)23-10-13-29-14-11-23/h1-11,13-14,24H,12,15-21H2,(H,30,31,34). The maximum atomic E-state index is 13.4. The minimum absolute atomic E-state index is 0.141. The largest absolute Gasteiger partial charge is 0.379 e. The van der Waals surface area contributed by atoms with Crippen LogP contribution in [0.3, 0.4) is 0 Å². The number of thiazole rings is 1. The van der Waals surface area contributed by atoms with Crippen molar-refractivity contribution in [2.45, 2.75) is 12.3 Å². The predicted molar refractivity (Wildman–Crippen MR) is 146 cm³/mol. The fraction of sp³-hybridized carbons (Fsp3) is 0.321. The van der Waals surface area contributed by atoms with Crippen molar-refractivity contribution < 1.29 is 14.4 Å². The van der Waals surface area contributed by atoms with E-state index in [-0.39, 0.29) is 11.9 Å². The van der Waals surface area contributed by atoms with Gasteiger partial charge >= 0.3 is 6.03 Å². The molecule has 1 aliphatic rings. The van der Waals surface area contributed by atoms with Crippen molar-refractivity contribution in [1.29, 1.82) is 0 Å². The van der Waals surface area contributed by atoms with Gasteiger partial charge in [-0.2, -0.15) is 5.06 Å². The van der Waals surface area contributed by atoms with E-state index in [2.05, 4.69) is 39.6 Å². The van der Waals surface area contributed by atoms with Gasteiger partial charge in [-0.05, 0) is 41.8 Å². The number of fused-ring (bicyclic) bond motifs is 1. The third kappa shape index (κ3) is 6.90. The first-order valence-electron chi connectivity index (χ1n) is 12.6. The average molecular weight is 518 g/mol. The Bertz CT molecular complexity index is 1190. The number of anilines is 1. The molecule has 1 saturated heterocycles. The summed E-state index contributed by atoms with van der Waals surface area (Å²) in [7, 11) is 0. The first kappa shape index (κ1) is 25.3. The van der Waals surface area contributed by atoms with E-state index in [1.165, 1.54) is 22.5 Å². The van der Waals surface area contributed by atoms with Crippen LogP contribution < -0.4 is 5.32 Å². The molecule has 1 aliphatic heterocycles. The van der Waals surface area contributed by atoms with Crippen molar-refractivity contribution >= 4 is 32.7 Å². The number of hydrogen-bond acceptors (Lipinski definition) is 7. The summed E-state index contributed by atoms with van der Waals surface area (Å²) in [6.45, 7) is 4.22. The molecule has 2 aromatic carbocycles. The monoisotopic (exact) mass is 517 g/mol. The van der Waals surface area contributed by atoms with Crippen LogP contribution in [-0.4, -0.2) is 72.0 Å². The molecule has 0 aliphatic carbocycles. The molecule has 2 amide bonds. The van der Waals surface area contributed by atoms with Crippen LogP contribution in [0.1, 0.15) is 23.5 Å². The highest BCUT2D eigenvalue weighted by Crippen LogP contribution is 2.29. The molecule has 3 heterocycles. The lowest BCUT2D eigenvalue weighted by atomic mass is 9.89. The topological polar surface area (TPSA) is 79.8 Å². The van der Waals surface area contributed by atoms with Gasteiger partial charge in [-0.3, -0.25) is 15.1 Å². The second-order valence-corrected chi connectivity index (χ2v) is 9.84. The van der Waals surface area contributed by atoms with Crippen LogP contribution in [0, 0.1) is 0 Å². The summed E-state index contributed by atoms with van der Waals surface area (Å²) >= 11 is 1.48. The highest BCUT2D eigenvalue weighted by atomic mass is 32.1. The Kier molecular flexibility index (Phi) is 8.70.